The summed E-state index contributed by atoms with van der Waals surface area (Å²) in [6.07, 6.45) is 0.531. The summed E-state index contributed by atoms with van der Waals surface area (Å²) in [5.41, 5.74) is 1.18. The van der Waals surface area contributed by atoms with Crippen molar-refractivity contribution >= 4 is 0 Å². The highest BCUT2D eigenvalue weighted by atomic mass is 16.5. The molecule has 0 aliphatic carbocycles. The van der Waals surface area contributed by atoms with Crippen LogP contribution in [0.5, 0.6) is 0 Å². The molecule has 1 rings (SSSR count). The van der Waals surface area contributed by atoms with E-state index >= 15 is 0 Å². The molecular weight excluding hydrogens is 212 g/mol. The SMILES string of the molecule is CC(CC#N)NC(C)COCc1ccccc1. The van der Waals surface area contributed by atoms with Gasteiger partial charge >= 0.3 is 0 Å². The fourth-order valence-corrected chi connectivity index (χ4v) is 1.66. The zero-order valence-electron chi connectivity index (χ0n) is 10.5. The normalized spacial score (nSPS) is 13.9. The standard InChI is InChI=1S/C14H20N2O/c1-12(8-9-15)16-13(2)10-17-11-14-6-4-3-5-7-14/h3-7,12-13,16H,8,10-11H2,1-2H3. The third kappa shape index (κ3) is 6.06. The maximum atomic E-state index is 8.55. The molecule has 0 heterocycles. The molecule has 3 nitrogen and oxygen atoms in total. The first-order valence-electron chi connectivity index (χ1n) is 5.97. The molecule has 0 saturated carbocycles. The molecule has 0 aliphatic rings. The molecule has 0 aliphatic heterocycles. The lowest BCUT2D eigenvalue weighted by atomic mass is 10.2. The van der Waals surface area contributed by atoms with Crippen molar-refractivity contribution in [2.45, 2.75) is 39.0 Å². The lowest BCUT2D eigenvalue weighted by molar-refractivity contribution is 0.100. The van der Waals surface area contributed by atoms with Crippen LogP contribution in [-0.4, -0.2) is 18.7 Å². The number of hydrogen-bond donors (Lipinski definition) is 1. The Morgan fingerprint density at radius 2 is 1.94 bits per heavy atom. The number of benzene rings is 1. The summed E-state index contributed by atoms with van der Waals surface area (Å²) in [5.74, 6) is 0. The Morgan fingerprint density at radius 1 is 1.24 bits per heavy atom. The lowest BCUT2D eigenvalue weighted by Crippen LogP contribution is -2.37. The zero-order chi connectivity index (χ0) is 12.5. The number of ether oxygens (including phenoxy) is 1. The molecule has 2 atom stereocenters. The Morgan fingerprint density at radius 3 is 2.59 bits per heavy atom. The average molecular weight is 232 g/mol. The summed E-state index contributed by atoms with van der Waals surface area (Å²) >= 11 is 0. The van der Waals surface area contributed by atoms with Crippen molar-refractivity contribution in [3.8, 4) is 6.07 Å². The number of hydrogen-bond acceptors (Lipinski definition) is 3. The zero-order valence-corrected chi connectivity index (χ0v) is 10.5. The monoisotopic (exact) mass is 232 g/mol. The van der Waals surface area contributed by atoms with Crippen LogP contribution < -0.4 is 5.32 Å². The maximum Gasteiger partial charge on any atom is 0.0717 e. The van der Waals surface area contributed by atoms with Crippen LogP contribution in [0.2, 0.25) is 0 Å². The third-order valence-corrected chi connectivity index (χ3v) is 2.45. The predicted molar refractivity (Wildman–Crippen MR) is 68.4 cm³/mol. The summed E-state index contributed by atoms with van der Waals surface area (Å²) in [5, 5.41) is 11.9. The summed E-state index contributed by atoms with van der Waals surface area (Å²) in [6.45, 7) is 5.37. The first-order valence-corrected chi connectivity index (χ1v) is 5.97. The molecule has 17 heavy (non-hydrogen) atoms. The average Bonchev–Trinajstić information content (AvgIpc) is 2.30. The molecule has 0 bridgehead atoms. The Hall–Kier alpha value is -1.37. The Kier molecular flexibility index (Phi) is 6.31. The van der Waals surface area contributed by atoms with Gasteiger partial charge < -0.3 is 10.1 Å². The summed E-state index contributed by atoms with van der Waals surface area (Å²) < 4.78 is 5.62. The second kappa shape index (κ2) is 7.83. The number of nitrogens with zero attached hydrogens (tertiary/aromatic N) is 1. The predicted octanol–water partition coefficient (Wildman–Crippen LogP) is 2.48. The highest BCUT2D eigenvalue weighted by Gasteiger charge is 2.06. The van der Waals surface area contributed by atoms with Gasteiger partial charge in [0, 0.05) is 12.1 Å². The second-order valence-corrected chi connectivity index (χ2v) is 4.33. The first-order chi connectivity index (χ1) is 8.22. The minimum absolute atomic E-state index is 0.218. The lowest BCUT2D eigenvalue weighted by Gasteiger charge is -2.18. The van der Waals surface area contributed by atoms with Crippen molar-refractivity contribution < 1.29 is 4.74 Å². The van der Waals surface area contributed by atoms with Gasteiger partial charge in [0.15, 0.2) is 0 Å². The van der Waals surface area contributed by atoms with Crippen molar-refractivity contribution in [3.05, 3.63) is 35.9 Å². The molecule has 1 aromatic rings. The van der Waals surface area contributed by atoms with Crippen LogP contribution in [0.4, 0.5) is 0 Å². The topological polar surface area (TPSA) is 45.0 Å². The molecule has 2 unspecified atom stereocenters. The number of nitriles is 1. The third-order valence-electron chi connectivity index (χ3n) is 2.45. The summed E-state index contributed by atoms with van der Waals surface area (Å²) in [6, 6.07) is 12.8. The van der Waals surface area contributed by atoms with E-state index in [9.17, 15) is 0 Å². The van der Waals surface area contributed by atoms with Gasteiger partial charge in [0.1, 0.15) is 0 Å². The van der Waals surface area contributed by atoms with Gasteiger partial charge in [-0.2, -0.15) is 5.26 Å². The van der Waals surface area contributed by atoms with Crippen molar-refractivity contribution in [2.75, 3.05) is 6.61 Å². The molecule has 1 N–H and O–H groups in total. The summed E-state index contributed by atoms with van der Waals surface area (Å²) in [4.78, 5) is 0. The van der Waals surface area contributed by atoms with Crippen molar-refractivity contribution in [3.63, 3.8) is 0 Å². The van der Waals surface area contributed by atoms with E-state index < -0.39 is 0 Å². The highest BCUT2D eigenvalue weighted by Crippen LogP contribution is 2.01. The molecule has 0 spiro atoms. The van der Waals surface area contributed by atoms with Crippen LogP contribution in [0.25, 0.3) is 0 Å². The first kappa shape index (κ1) is 13.7. The molecule has 3 heteroatoms. The van der Waals surface area contributed by atoms with Gasteiger partial charge in [-0.25, -0.2) is 0 Å². The van der Waals surface area contributed by atoms with Crippen LogP contribution >= 0.6 is 0 Å². The fraction of sp³-hybridized carbons (Fsp3) is 0.500. The Bertz CT molecular complexity index is 345. The number of nitrogens with one attached hydrogen (secondary N) is 1. The molecule has 0 amide bonds. The van der Waals surface area contributed by atoms with Crippen molar-refractivity contribution in [1.82, 2.24) is 5.32 Å². The molecule has 0 aromatic heterocycles. The Balaban J connectivity index is 2.16. The van der Waals surface area contributed by atoms with E-state index in [4.69, 9.17) is 10.00 Å². The van der Waals surface area contributed by atoms with Gasteiger partial charge in [-0.1, -0.05) is 30.3 Å². The molecule has 92 valence electrons. The van der Waals surface area contributed by atoms with Gasteiger partial charge in [-0.3, -0.25) is 0 Å². The van der Waals surface area contributed by atoms with Crippen LogP contribution in [0, 0.1) is 11.3 Å². The van der Waals surface area contributed by atoms with Crippen LogP contribution in [0.15, 0.2) is 30.3 Å². The molecule has 1 aromatic carbocycles. The minimum Gasteiger partial charge on any atom is -0.375 e. The van der Waals surface area contributed by atoms with Gasteiger partial charge in [0.2, 0.25) is 0 Å². The van der Waals surface area contributed by atoms with Crippen molar-refractivity contribution in [1.29, 1.82) is 5.26 Å². The van der Waals surface area contributed by atoms with Gasteiger partial charge in [0.25, 0.3) is 0 Å². The van der Waals surface area contributed by atoms with Gasteiger partial charge in [-0.05, 0) is 19.4 Å². The smallest absolute Gasteiger partial charge is 0.0717 e. The molecule has 0 saturated heterocycles. The van der Waals surface area contributed by atoms with Gasteiger partial charge in [0.05, 0.1) is 25.7 Å². The number of rotatable bonds is 7. The van der Waals surface area contributed by atoms with E-state index in [2.05, 4.69) is 30.4 Å². The van der Waals surface area contributed by atoms with E-state index in [0.29, 0.717) is 19.6 Å². The molecule has 0 radical (unpaired) electrons. The Labute approximate surface area is 103 Å². The largest absolute Gasteiger partial charge is 0.375 e. The van der Waals surface area contributed by atoms with E-state index in [-0.39, 0.29) is 12.1 Å². The summed E-state index contributed by atoms with van der Waals surface area (Å²) in [7, 11) is 0. The molecule has 0 fully saturated rings. The van der Waals surface area contributed by atoms with Crippen LogP contribution in [-0.2, 0) is 11.3 Å². The quantitative estimate of drug-likeness (QED) is 0.785. The second-order valence-electron chi connectivity index (χ2n) is 4.33. The van der Waals surface area contributed by atoms with Gasteiger partial charge in [-0.15, -0.1) is 0 Å². The van der Waals surface area contributed by atoms with E-state index in [0.717, 1.165) is 0 Å². The van der Waals surface area contributed by atoms with E-state index in [1.54, 1.807) is 0 Å². The maximum absolute atomic E-state index is 8.55. The molecular formula is C14H20N2O. The highest BCUT2D eigenvalue weighted by molar-refractivity contribution is 5.13. The van der Waals surface area contributed by atoms with Crippen LogP contribution in [0.1, 0.15) is 25.8 Å². The fourth-order valence-electron chi connectivity index (χ4n) is 1.66. The van der Waals surface area contributed by atoms with Crippen molar-refractivity contribution in [2.24, 2.45) is 0 Å². The minimum atomic E-state index is 0.218. The van der Waals surface area contributed by atoms with Crippen LogP contribution in [0.3, 0.4) is 0 Å². The van der Waals surface area contributed by atoms with E-state index in [1.807, 2.05) is 25.1 Å². The van der Waals surface area contributed by atoms with E-state index in [1.165, 1.54) is 5.56 Å².